The molecular weight excluding hydrogens is 148 g/mol. The van der Waals surface area contributed by atoms with E-state index in [0.29, 0.717) is 12.8 Å². The van der Waals surface area contributed by atoms with Gasteiger partial charge in [0.15, 0.2) is 0 Å². The van der Waals surface area contributed by atoms with E-state index in [-0.39, 0.29) is 12.5 Å². The van der Waals surface area contributed by atoms with E-state index in [1.165, 1.54) is 0 Å². The number of hydrogen-bond donors (Lipinski definition) is 1. The smallest absolute Gasteiger partial charge is 0.252 e. The molecule has 3 heteroatoms. The van der Waals surface area contributed by atoms with Gasteiger partial charge in [0, 0.05) is 18.4 Å². The maximum atomic E-state index is 13.0. The Morgan fingerprint density at radius 2 is 2.18 bits per heavy atom. The van der Waals surface area contributed by atoms with Gasteiger partial charge in [0.1, 0.15) is 0 Å². The molecule has 0 amide bonds. The van der Waals surface area contributed by atoms with E-state index in [2.05, 4.69) is 0 Å². The summed E-state index contributed by atoms with van der Waals surface area (Å²) in [5, 5.41) is 0. The first-order valence-electron chi connectivity index (χ1n) is 4.21. The summed E-state index contributed by atoms with van der Waals surface area (Å²) in [4.78, 5) is 0. The SMILES string of the molecule is CCC1C(N)CCCC1(F)F. The molecule has 2 atom stereocenters. The monoisotopic (exact) mass is 163 g/mol. The predicted octanol–water partition coefficient (Wildman–Crippen LogP) is 2.16. The van der Waals surface area contributed by atoms with Crippen LogP contribution in [0, 0.1) is 5.92 Å². The zero-order chi connectivity index (χ0) is 8.48. The van der Waals surface area contributed by atoms with Gasteiger partial charge in [-0.1, -0.05) is 6.92 Å². The van der Waals surface area contributed by atoms with Crippen LogP contribution in [0.15, 0.2) is 0 Å². The van der Waals surface area contributed by atoms with Crippen molar-refractivity contribution in [1.29, 1.82) is 0 Å². The highest BCUT2D eigenvalue weighted by molar-refractivity contribution is 4.88. The van der Waals surface area contributed by atoms with Crippen LogP contribution in [-0.2, 0) is 0 Å². The van der Waals surface area contributed by atoms with Gasteiger partial charge in [-0.2, -0.15) is 0 Å². The highest BCUT2D eigenvalue weighted by Crippen LogP contribution is 2.39. The lowest BCUT2D eigenvalue weighted by molar-refractivity contribution is -0.0939. The van der Waals surface area contributed by atoms with Crippen LogP contribution in [0.1, 0.15) is 32.6 Å². The zero-order valence-electron chi connectivity index (χ0n) is 6.82. The first kappa shape index (κ1) is 8.91. The third-order valence-corrected chi connectivity index (χ3v) is 2.55. The molecule has 1 aliphatic carbocycles. The quantitative estimate of drug-likeness (QED) is 0.629. The Morgan fingerprint density at radius 3 is 2.55 bits per heavy atom. The van der Waals surface area contributed by atoms with Gasteiger partial charge in [0.25, 0.3) is 5.92 Å². The summed E-state index contributed by atoms with van der Waals surface area (Å²) < 4.78 is 26.1. The minimum atomic E-state index is -2.51. The average Bonchev–Trinajstić information content (AvgIpc) is 1.86. The summed E-state index contributed by atoms with van der Waals surface area (Å²) in [6.45, 7) is 1.78. The maximum Gasteiger partial charge on any atom is 0.252 e. The van der Waals surface area contributed by atoms with Gasteiger partial charge < -0.3 is 5.73 Å². The molecule has 11 heavy (non-hydrogen) atoms. The zero-order valence-corrected chi connectivity index (χ0v) is 6.82. The number of alkyl halides is 2. The Kier molecular flexibility index (Phi) is 2.47. The Morgan fingerprint density at radius 1 is 1.55 bits per heavy atom. The molecule has 0 aliphatic heterocycles. The molecule has 0 heterocycles. The summed E-state index contributed by atoms with van der Waals surface area (Å²) in [5.41, 5.74) is 5.59. The van der Waals surface area contributed by atoms with E-state index < -0.39 is 11.8 Å². The Bertz CT molecular complexity index is 136. The molecule has 0 spiro atoms. The second-order valence-electron chi connectivity index (χ2n) is 3.33. The number of hydrogen-bond acceptors (Lipinski definition) is 1. The average molecular weight is 163 g/mol. The molecule has 0 radical (unpaired) electrons. The van der Waals surface area contributed by atoms with Crippen LogP contribution in [-0.4, -0.2) is 12.0 Å². The van der Waals surface area contributed by atoms with Gasteiger partial charge >= 0.3 is 0 Å². The molecule has 1 nitrogen and oxygen atoms in total. The Balaban J connectivity index is 2.64. The fourth-order valence-electron chi connectivity index (χ4n) is 1.87. The van der Waals surface area contributed by atoms with Crippen molar-refractivity contribution < 1.29 is 8.78 Å². The molecule has 0 bridgehead atoms. The lowest BCUT2D eigenvalue weighted by atomic mass is 9.80. The Labute approximate surface area is 66.0 Å². The molecule has 1 rings (SSSR count). The molecule has 1 saturated carbocycles. The van der Waals surface area contributed by atoms with Crippen molar-refractivity contribution in [3.8, 4) is 0 Å². The van der Waals surface area contributed by atoms with Crippen molar-refractivity contribution in [2.24, 2.45) is 11.7 Å². The second kappa shape index (κ2) is 3.05. The van der Waals surface area contributed by atoms with Crippen LogP contribution in [0.4, 0.5) is 8.78 Å². The Hall–Kier alpha value is -0.180. The molecule has 66 valence electrons. The van der Waals surface area contributed by atoms with Gasteiger partial charge in [-0.05, 0) is 19.3 Å². The van der Waals surface area contributed by atoms with Gasteiger partial charge in [0.2, 0.25) is 0 Å². The highest BCUT2D eigenvalue weighted by atomic mass is 19.3. The van der Waals surface area contributed by atoms with Gasteiger partial charge in [-0.15, -0.1) is 0 Å². The van der Waals surface area contributed by atoms with Gasteiger partial charge in [0.05, 0.1) is 0 Å². The molecule has 0 aromatic rings. The third kappa shape index (κ3) is 1.70. The first-order valence-corrected chi connectivity index (χ1v) is 4.21. The van der Waals surface area contributed by atoms with E-state index in [1.807, 2.05) is 0 Å². The summed E-state index contributed by atoms with van der Waals surface area (Å²) in [7, 11) is 0. The van der Waals surface area contributed by atoms with E-state index in [4.69, 9.17) is 5.73 Å². The van der Waals surface area contributed by atoms with E-state index in [0.717, 1.165) is 6.42 Å². The number of rotatable bonds is 1. The minimum Gasteiger partial charge on any atom is -0.327 e. The third-order valence-electron chi connectivity index (χ3n) is 2.55. The predicted molar refractivity (Wildman–Crippen MR) is 40.6 cm³/mol. The highest BCUT2D eigenvalue weighted by Gasteiger charge is 2.44. The molecule has 0 aromatic carbocycles. The lowest BCUT2D eigenvalue weighted by Gasteiger charge is -2.35. The summed E-state index contributed by atoms with van der Waals surface area (Å²) in [5.74, 6) is -3.09. The van der Waals surface area contributed by atoms with Crippen molar-refractivity contribution in [3.63, 3.8) is 0 Å². The normalized spacial score (nSPS) is 37.1. The van der Waals surface area contributed by atoms with Crippen LogP contribution in [0.25, 0.3) is 0 Å². The van der Waals surface area contributed by atoms with Crippen LogP contribution in [0.3, 0.4) is 0 Å². The summed E-state index contributed by atoms with van der Waals surface area (Å²) in [6, 6.07) is -0.288. The second-order valence-corrected chi connectivity index (χ2v) is 3.33. The van der Waals surface area contributed by atoms with E-state index in [1.54, 1.807) is 6.92 Å². The first-order chi connectivity index (χ1) is 5.08. The summed E-state index contributed by atoms with van der Waals surface area (Å²) in [6.07, 6.45) is 1.85. The topological polar surface area (TPSA) is 26.0 Å². The van der Waals surface area contributed by atoms with Gasteiger partial charge in [-0.3, -0.25) is 0 Å². The van der Waals surface area contributed by atoms with Crippen molar-refractivity contribution in [3.05, 3.63) is 0 Å². The largest absolute Gasteiger partial charge is 0.327 e. The maximum absolute atomic E-state index is 13.0. The van der Waals surface area contributed by atoms with Crippen molar-refractivity contribution in [2.75, 3.05) is 0 Å². The number of halogens is 2. The van der Waals surface area contributed by atoms with Crippen LogP contribution in [0.2, 0.25) is 0 Å². The molecule has 2 unspecified atom stereocenters. The van der Waals surface area contributed by atoms with Gasteiger partial charge in [-0.25, -0.2) is 8.78 Å². The van der Waals surface area contributed by atoms with Crippen LogP contribution < -0.4 is 5.73 Å². The molecule has 1 aliphatic rings. The molecular formula is C8H15F2N. The van der Waals surface area contributed by atoms with E-state index in [9.17, 15) is 8.78 Å². The summed E-state index contributed by atoms with van der Waals surface area (Å²) >= 11 is 0. The van der Waals surface area contributed by atoms with Crippen LogP contribution >= 0.6 is 0 Å². The fourth-order valence-corrected chi connectivity index (χ4v) is 1.87. The van der Waals surface area contributed by atoms with Crippen molar-refractivity contribution >= 4 is 0 Å². The fraction of sp³-hybridized carbons (Fsp3) is 1.00. The molecule has 2 N–H and O–H groups in total. The standard InChI is InChI=1S/C8H15F2N/c1-2-6-7(11)4-3-5-8(6,9)10/h6-7H,2-5,11H2,1H3. The van der Waals surface area contributed by atoms with Crippen molar-refractivity contribution in [1.82, 2.24) is 0 Å². The minimum absolute atomic E-state index is 0.0270. The molecule has 0 aromatic heterocycles. The molecule has 1 fully saturated rings. The number of nitrogens with two attached hydrogens (primary N) is 1. The van der Waals surface area contributed by atoms with Crippen LogP contribution in [0.5, 0.6) is 0 Å². The molecule has 0 saturated heterocycles. The lowest BCUT2D eigenvalue weighted by Crippen LogP contribution is -2.45. The van der Waals surface area contributed by atoms with Crippen molar-refractivity contribution in [2.45, 2.75) is 44.6 Å². The van der Waals surface area contributed by atoms with E-state index >= 15 is 0 Å².